The largest absolute Gasteiger partial charge is 0.490 e. The smallest absolute Gasteiger partial charge is 0.387 e. The fourth-order valence-electron chi connectivity index (χ4n) is 2.47. The predicted molar refractivity (Wildman–Crippen MR) is 95.5 cm³/mol. The fourth-order valence-corrected chi connectivity index (χ4v) is 2.47. The first-order chi connectivity index (χ1) is 12.6. The van der Waals surface area contributed by atoms with Gasteiger partial charge in [-0.05, 0) is 37.3 Å². The van der Waals surface area contributed by atoms with Gasteiger partial charge in [0.05, 0.1) is 17.6 Å². The predicted octanol–water partition coefficient (Wildman–Crippen LogP) is 4.09. The second-order valence-electron chi connectivity index (χ2n) is 5.29. The van der Waals surface area contributed by atoms with E-state index in [0.29, 0.717) is 23.2 Å². The van der Waals surface area contributed by atoms with Gasteiger partial charge in [-0.2, -0.15) is 8.78 Å². The molecule has 0 saturated carbocycles. The maximum absolute atomic E-state index is 12.8. The molecule has 5 nitrogen and oxygen atoms in total. The average Bonchev–Trinajstić information content (AvgIpc) is 2.62. The third kappa shape index (κ3) is 3.88. The van der Waals surface area contributed by atoms with E-state index >= 15 is 0 Å². The van der Waals surface area contributed by atoms with E-state index < -0.39 is 6.61 Å². The number of hydrogen-bond donors (Lipinski definition) is 1. The van der Waals surface area contributed by atoms with E-state index in [4.69, 9.17) is 4.74 Å². The minimum absolute atomic E-state index is 0.0854. The van der Waals surface area contributed by atoms with E-state index in [1.165, 1.54) is 12.2 Å². The number of H-pyrrole nitrogens is 1. The van der Waals surface area contributed by atoms with Crippen molar-refractivity contribution in [3.8, 4) is 11.5 Å². The molecule has 0 spiro atoms. The highest BCUT2D eigenvalue weighted by molar-refractivity contribution is 5.78. The van der Waals surface area contributed by atoms with Crippen LogP contribution in [0, 0.1) is 0 Å². The summed E-state index contributed by atoms with van der Waals surface area (Å²) in [5.41, 5.74) is 1.38. The lowest BCUT2D eigenvalue weighted by Crippen LogP contribution is -2.11. The van der Waals surface area contributed by atoms with Crippen LogP contribution in [0.1, 0.15) is 18.2 Å². The van der Waals surface area contributed by atoms with Crippen LogP contribution in [0.4, 0.5) is 8.78 Å². The second-order valence-corrected chi connectivity index (χ2v) is 5.29. The number of ether oxygens (including phenoxy) is 2. The Hall–Kier alpha value is -3.22. The van der Waals surface area contributed by atoms with E-state index in [1.54, 1.807) is 49.4 Å². The van der Waals surface area contributed by atoms with Gasteiger partial charge in [0, 0.05) is 5.56 Å². The zero-order valence-corrected chi connectivity index (χ0v) is 13.9. The van der Waals surface area contributed by atoms with E-state index in [-0.39, 0.29) is 22.8 Å². The molecule has 0 bridgehead atoms. The molecule has 1 N–H and O–H groups in total. The molecule has 2 aromatic carbocycles. The van der Waals surface area contributed by atoms with Crippen LogP contribution in [0.15, 0.2) is 47.3 Å². The molecule has 0 aliphatic carbocycles. The second kappa shape index (κ2) is 7.77. The Morgan fingerprint density at radius 3 is 2.73 bits per heavy atom. The first-order valence-corrected chi connectivity index (χ1v) is 7.96. The summed E-state index contributed by atoms with van der Waals surface area (Å²) < 4.78 is 35.4. The van der Waals surface area contributed by atoms with Crippen LogP contribution in [0.3, 0.4) is 0 Å². The van der Waals surface area contributed by atoms with Crippen LogP contribution in [0.5, 0.6) is 11.5 Å². The topological polar surface area (TPSA) is 64.2 Å². The monoisotopic (exact) mass is 358 g/mol. The number of nitrogens with zero attached hydrogens (tertiary/aromatic N) is 1. The number of aromatic nitrogens is 2. The van der Waals surface area contributed by atoms with Crippen molar-refractivity contribution in [2.75, 3.05) is 6.61 Å². The third-order valence-electron chi connectivity index (χ3n) is 3.56. The van der Waals surface area contributed by atoms with Crippen LogP contribution in [-0.4, -0.2) is 23.2 Å². The molecule has 0 aliphatic rings. The maximum Gasteiger partial charge on any atom is 0.387 e. The number of aromatic amines is 1. The molecule has 1 heterocycles. The number of alkyl halides is 2. The molecule has 3 rings (SSSR count). The van der Waals surface area contributed by atoms with Gasteiger partial charge < -0.3 is 14.5 Å². The van der Waals surface area contributed by atoms with Crippen molar-refractivity contribution in [2.24, 2.45) is 0 Å². The molecular formula is C19H16F2N2O3. The van der Waals surface area contributed by atoms with Gasteiger partial charge in [0.15, 0.2) is 11.5 Å². The van der Waals surface area contributed by atoms with Gasteiger partial charge in [-0.1, -0.05) is 24.3 Å². The first-order valence-electron chi connectivity index (χ1n) is 7.96. The molecular weight excluding hydrogens is 342 g/mol. The number of rotatable bonds is 6. The normalized spacial score (nSPS) is 11.4. The minimum atomic E-state index is -2.99. The Morgan fingerprint density at radius 2 is 1.96 bits per heavy atom. The summed E-state index contributed by atoms with van der Waals surface area (Å²) in [6.07, 6.45) is 2.95. The van der Waals surface area contributed by atoms with Gasteiger partial charge in [-0.15, -0.1) is 0 Å². The van der Waals surface area contributed by atoms with Crippen LogP contribution in [-0.2, 0) is 0 Å². The van der Waals surface area contributed by atoms with Crippen molar-refractivity contribution >= 4 is 23.2 Å². The Morgan fingerprint density at radius 1 is 1.15 bits per heavy atom. The lowest BCUT2D eigenvalue weighted by molar-refractivity contribution is -0.0515. The minimum Gasteiger partial charge on any atom is -0.490 e. The number of fused-ring (bicyclic) bond motifs is 1. The van der Waals surface area contributed by atoms with E-state index in [1.807, 2.05) is 0 Å². The van der Waals surface area contributed by atoms with Crippen molar-refractivity contribution in [3.63, 3.8) is 0 Å². The molecule has 7 heteroatoms. The Labute approximate surface area is 147 Å². The molecule has 0 fully saturated rings. The standard InChI is InChI=1S/C19H16F2N2O3/c1-2-25-16-9-5-6-12(17(16)26-19(20)21)10-11-15-18(24)23-14-8-4-3-7-13(14)22-15/h3-11,19H,2H2,1H3,(H,23,24)/b11-10+. The molecule has 134 valence electrons. The Kier molecular flexibility index (Phi) is 5.26. The number of hydrogen-bond acceptors (Lipinski definition) is 4. The van der Waals surface area contributed by atoms with Crippen molar-refractivity contribution in [1.82, 2.24) is 9.97 Å². The molecule has 26 heavy (non-hydrogen) atoms. The summed E-state index contributed by atoms with van der Waals surface area (Å²) >= 11 is 0. The van der Waals surface area contributed by atoms with Gasteiger partial charge in [0.25, 0.3) is 5.56 Å². The first kappa shape index (κ1) is 17.6. The lowest BCUT2D eigenvalue weighted by atomic mass is 10.1. The summed E-state index contributed by atoms with van der Waals surface area (Å²) in [5.74, 6) is 0.119. The molecule has 3 aromatic rings. The van der Waals surface area contributed by atoms with Crippen molar-refractivity contribution < 1.29 is 18.3 Å². The van der Waals surface area contributed by atoms with Crippen LogP contribution in [0.2, 0.25) is 0 Å². The lowest BCUT2D eigenvalue weighted by Gasteiger charge is -2.13. The SMILES string of the molecule is CCOc1cccc(/C=C/c2nc3ccccc3[nH]c2=O)c1OC(F)F. The quantitative estimate of drug-likeness (QED) is 0.721. The van der Waals surface area contributed by atoms with Gasteiger partial charge in [-0.3, -0.25) is 4.79 Å². The molecule has 0 atom stereocenters. The Bertz CT molecular complexity index is 999. The number of nitrogens with one attached hydrogen (secondary N) is 1. The number of para-hydroxylation sites is 3. The summed E-state index contributed by atoms with van der Waals surface area (Å²) in [4.78, 5) is 19.2. The molecule has 0 radical (unpaired) electrons. The molecule has 0 amide bonds. The van der Waals surface area contributed by atoms with E-state index in [0.717, 1.165) is 0 Å². The summed E-state index contributed by atoms with van der Waals surface area (Å²) in [5, 5.41) is 0. The summed E-state index contributed by atoms with van der Waals surface area (Å²) in [6, 6.07) is 11.9. The van der Waals surface area contributed by atoms with Crippen LogP contribution < -0.4 is 15.0 Å². The molecule has 1 aromatic heterocycles. The fraction of sp³-hybridized carbons (Fsp3) is 0.158. The van der Waals surface area contributed by atoms with Crippen LogP contribution >= 0.6 is 0 Å². The zero-order chi connectivity index (χ0) is 18.5. The molecule has 0 unspecified atom stereocenters. The highest BCUT2D eigenvalue weighted by Gasteiger charge is 2.14. The number of halogens is 2. The number of benzene rings is 2. The summed E-state index contributed by atoms with van der Waals surface area (Å²) in [6.45, 7) is -0.947. The van der Waals surface area contributed by atoms with Crippen LogP contribution in [0.25, 0.3) is 23.2 Å². The van der Waals surface area contributed by atoms with E-state index in [2.05, 4.69) is 14.7 Å². The van der Waals surface area contributed by atoms with Gasteiger partial charge >= 0.3 is 6.61 Å². The summed E-state index contributed by atoms with van der Waals surface area (Å²) in [7, 11) is 0. The maximum atomic E-state index is 12.8. The zero-order valence-electron chi connectivity index (χ0n) is 13.9. The highest BCUT2D eigenvalue weighted by Crippen LogP contribution is 2.33. The highest BCUT2D eigenvalue weighted by atomic mass is 19.3. The van der Waals surface area contributed by atoms with Gasteiger partial charge in [-0.25, -0.2) is 4.98 Å². The van der Waals surface area contributed by atoms with Crippen molar-refractivity contribution in [2.45, 2.75) is 13.5 Å². The van der Waals surface area contributed by atoms with Gasteiger partial charge in [0.1, 0.15) is 5.69 Å². The van der Waals surface area contributed by atoms with Crippen molar-refractivity contribution in [1.29, 1.82) is 0 Å². The van der Waals surface area contributed by atoms with Crippen molar-refractivity contribution in [3.05, 3.63) is 64.1 Å². The Balaban J connectivity index is 2.01. The molecule has 0 aliphatic heterocycles. The molecule has 0 saturated heterocycles. The van der Waals surface area contributed by atoms with Gasteiger partial charge in [0.2, 0.25) is 0 Å². The van der Waals surface area contributed by atoms with E-state index in [9.17, 15) is 13.6 Å². The third-order valence-corrected chi connectivity index (χ3v) is 3.56. The average molecular weight is 358 g/mol.